The highest BCUT2D eigenvalue weighted by molar-refractivity contribution is 7.19. The summed E-state index contributed by atoms with van der Waals surface area (Å²) in [5.74, 6) is 1.74. The average molecular weight is 391 g/mol. The summed E-state index contributed by atoms with van der Waals surface area (Å²) in [6.07, 6.45) is 1.92. The number of aromatic nitrogens is 4. The van der Waals surface area contributed by atoms with Crippen molar-refractivity contribution in [2.24, 2.45) is 0 Å². The van der Waals surface area contributed by atoms with E-state index < -0.39 is 0 Å². The molecule has 1 aliphatic rings. The molecule has 3 aromatic heterocycles. The second-order valence-corrected chi connectivity index (χ2v) is 8.75. The zero-order chi connectivity index (χ0) is 19.0. The Bertz CT molecular complexity index is 962. The van der Waals surface area contributed by atoms with Crippen LogP contribution in [-0.4, -0.2) is 44.9 Å². The molecule has 0 amide bonds. The van der Waals surface area contributed by atoms with Gasteiger partial charge in [-0.25, -0.2) is 9.97 Å². The van der Waals surface area contributed by atoms with Gasteiger partial charge in [-0.15, -0.1) is 16.4 Å². The first-order valence-electron chi connectivity index (χ1n) is 9.68. The van der Waals surface area contributed by atoms with Gasteiger partial charge in [-0.1, -0.05) is 0 Å². The van der Waals surface area contributed by atoms with E-state index in [1.165, 1.54) is 10.4 Å². The fraction of sp³-hybridized carbons (Fsp3) is 0.632. The van der Waals surface area contributed by atoms with E-state index in [0.29, 0.717) is 6.61 Å². The highest BCUT2D eigenvalue weighted by Crippen LogP contribution is 2.39. The van der Waals surface area contributed by atoms with Crippen molar-refractivity contribution >= 4 is 27.2 Å². The minimum atomic E-state index is -0.153. The fourth-order valence-electron chi connectivity index (χ4n) is 3.58. The van der Waals surface area contributed by atoms with E-state index in [1.807, 2.05) is 18.4 Å². The molecule has 4 rings (SSSR count). The summed E-state index contributed by atoms with van der Waals surface area (Å²) < 4.78 is 13.3. The zero-order valence-electron chi connectivity index (χ0n) is 16.5. The summed E-state index contributed by atoms with van der Waals surface area (Å²) in [5.41, 5.74) is 2.12. The number of quaternary nitrogens is 1. The summed E-state index contributed by atoms with van der Waals surface area (Å²) in [7, 11) is 0. The predicted octanol–water partition coefficient (Wildman–Crippen LogP) is 1.99. The van der Waals surface area contributed by atoms with Gasteiger partial charge in [0.1, 0.15) is 17.2 Å². The van der Waals surface area contributed by atoms with Gasteiger partial charge in [0.2, 0.25) is 5.82 Å². The molecule has 27 heavy (non-hydrogen) atoms. The van der Waals surface area contributed by atoms with Crippen LogP contribution in [0.3, 0.4) is 0 Å². The fourth-order valence-corrected chi connectivity index (χ4v) is 4.72. The van der Waals surface area contributed by atoms with Gasteiger partial charge in [-0.3, -0.25) is 0 Å². The van der Waals surface area contributed by atoms with Crippen molar-refractivity contribution < 1.29 is 14.8 Å². The van der Waals surface area contributed by atoms with Gasteiger partial charge in [0.05, 0.1) is 30.7 Å². The molecule has 3 aromatic rings. The Morgan fingerprint density at radius 2 is 2.19 bits per heavy atom. The molecule has 2 N–H and O–H groups in total. The molecular formula is C19H28N5O2S+. The average Bonchev–Trinajstić information content (AvgIpc) is 3.18. The molecule has 0 saturated heterocycles. The van der Waals surface area contributed by atoms with Crippen LogP contribution in [0.5, 0.6) is 0 Å². The SMILES string of the molecule is CCOCCC[NH2+]Cc1nc2c3c4c(sc3nc(C)n2n1)COC(C)(C)C4. The van der Waals surface area contributed by atoms with Crippen LogP contribution in [0.15, 0.2) is 0 Å². The number of nitrogens with two attached hydrogens (primary N) is 1. The second kappa shape index (κ2) is 7.43. The van der Waals surface area contributed by atoms with Crippen LogP contribution >= 0.6 is 11.3 Å². The molecule has 0 unspecified atom stereocenters. The van der Waals surface area contributed by atoms with E-state index in [0.717, 1.165) is 66.7 Å². The maximum atomic E-state index is 5.99. The highest BCUT2D eigenvalue weighted by Gasteiger charge is 2.31. The molecule has 0 bridgehead atoms. The third kappa shape index (κ3) is 3.71. The van der Waals surface area contributed by atoms with Crippen LogP contribution in [0.1, 0.15) is 49.3 Å². The first-order valence-corrected chi connectivity index (χ1v) is 10.5. The van der Waals surface area contributed by atoms with E-state index in [9.17, 15) is 0 Å². The van der Waals surface area contributed by atoms with Crippen molar-refractivity contribution in [3.05, 3.63) is 22.1 Å². The number of fused-ring (bicyclic) bond motifs is 5. The standard InChI is InChI=1S/C19H27N5O2S/c1-5-25-8-6-7-20-10-15-22-17-16-13-9-19(3,4)26-11-14(13)27-18(16)21-12(2)24(17)23-15/h20H,5-11H2,1-4H3/p+1. The van der Waals surface area contributed by atoms with Gasteiger partial charge in [0, 0.05) is 24.3 Å². The number of hydrogen-bond donors (Lipinski definition) is 1. The van der Waals surface area contributed by atoms with E-state index in [-0.39, 0.29) is 5.60 Å². The lowest BCUT2D eigenvalue weighted by Gasteiger charge is -2.30. The van der Waals surface area contributed by atoms with Gasteiger partial charge in [0.25, 0.3) is 0 Å². The third-order valence-electron chi connectivity index (χ3n) is 4.94. The van der Waals surface area contributed by atoms with Gasteiger partial charge in [-0.2, -0.15) is 4.52 Å². The van der Waals surface area contributed by atoms with Crippen LogP contribution in [0.25, 0.3) is 15.9 Å². The minimum absolute atomic E-state index is 0.153. The van der Waals surface area contributed by atoms with Crippen LogP contribution < -0.4 is 5.32 Å². The molecule has 0 aromatic carbocycles. The second-order valence-electron chi connectivity index (χ2n) is 7.66. The van der Waals surface area contributed by atoms with Crippen LogP contribution in [-0.2, 0) is 29.0 Å². The van der Waals surface area contributed by atoms with E-state index in [1.54, 1.807) is 11.3 Å². The molecule has 4 heterocycles. The van der Waals surface area contributed by atoms with E-state index in [2.05, 4.69) is 19.2 Å². The summed E-state index contributed by atoms with van der Waals surface area (Å²) in [6, 6.07) is 0. The highest BCUT2D eigenvalue weighted by atomic mass is 32.1. The monoisotopic (exact) mass is 390 g/mol. The Balaban J connectivity index is 1.63. The molecule has 0 saturated carbocycles. The van der Waals surface area contributed by atoms with Crippen molar-refractivity contribution in [2.75, 3.05) is 19.8 Å². The molecule has 0 aliphatic carbocycles. The van der Waals surface area contributed by atoms with E-state index in [4.69, 9.17) is 24.5 Å². The third-order valence-corrected chi connectivity index (χ3v) is 6.04. The van der Waals surface area contributed by atoms with Gasteiger partial charge >= 0.3 is 0 Å². The summed E-state index contributed by atoms with van der Waals surface area (Å²) in [6.45, 7) is 12.3. The number of aryl methyl sites for hydroxylation is 1. The largest absolute Gasteiger partial charge is 0.382 e. The predicted molar refractivity (Wildman–Crippen MR) is 105 cm³/mol. The van der Waals surface area contributed by atoms with Crippen molar-refractivity contribution in [2.45, 2.75) is 59.3 Å². The normalized spacial score (nSPS) is 16.3. The number of nitrogens with zero attached hydrogens (tertiary/aromatic N) is 4. The smallest absolute Gasteiger partial charge is 0.206 e. The van der Waals surface area contributed by atoms with Crippen LogP contribution in [0.2, 0.25) is 0 Å². The van der Waals surface area contributed by atoms with Crippen molar-refractivity contribution in [1.82, 2.24) is 19.6 Å². The minimum Gasteiger partial charge on any atom is -0.382 e. The first kappa shape index (κ1) is 18.7. The molecule has 0 radical (unpaired) electrons. The topological polar surface area (TPSA) is 78.2 Å². The number of rotatable bonds is 7. The number of ether oxygens (including phenoxy) is 2. The Morgan fingerprint density at radius 3 is 3.00 bits per heavy atom. The molecule has 1 aliphatic heterocycles. The maximum Gasteiger partial charge on any atom is 0.206 e. The summed E-state index contributed by atoms with van der Waals surface area (Å²) in [4.78, 5) is 12.0. The van der Waals surface area contributed by atoms with Gasteiger partial charge in [-0.05, 0) is 33.3 Å². The first-order chi connectivity index (χ1) is 13.0. The molecule has 0 spiro atoms. The van der Waals surface area contributed by atoms with Gasteiger partial charge in [0.15, 0.2) is 5.65 Å². The van der Waals surface area contributed by atoms with Crippen molar-refractivity contribution in [3.63, 3.8) is 0 Å². The quantitative estimate of drug-likeness (QED) is 0.624. The number of hydrogen-bond acceptors (Lipinski definition) is 6. The molecule has 0 atom stereocenters. The Hall–Kier alpha value is -1.61. The lowest BCUT2D eigenvalue weighted by molar-refractivity contribution is -0.672. The Labute approximate surface area is 163 Å². The Kier molecular flexibility index (Phi) is 5.15. The Morgan fingerprint density at radius 1 is 1.33 bits per heavy atom. The molecule has 0 fully saturated rings. The molecule has 146 valence electrons. The molecule has 8 heteroatoms. The summed E-state index contributed by atoms with van der Waals surface area (Å²) >= 11 is 1.73. The van der Waals surface area contributed by atoms with E-state index >= 15 is 0 Å². The molecular weight excluding hydrogens is 362 g/mol. The lowest BCUT2D eigenvalue weighted by atomic mass is 9.94. The zero-order valence-corrected chi connectivity index (χ0v) is 17.4. The lowest BCUT2D eigenvalue weighted by Crippen LogP contribution is -2.82. The molecule has 7 nitrogen and oxygen atoms in total. The van der Waals surface area contributed by atoms with Crippen LogP contribution in [0, 0.1) is 6.92 Å². The number of thiophene rings is 1. The van der Waals surface area contributed by atoms with Crippen LogP contribution in [0.4, 0.5) is 0 Å². The van der Waals surface area contributed by atoms with Gasteiger partial charge < -0.3 is 14.8 Å². The summed E-state index contributed by atoms with van der Waals surface area (Å²) in [5, 5.41) is 8.12. The van der Waals surface area contributed by atoms with Crippen molar-refractivity contribution in [3.8, 4) is 0 Å². The van der Waals surface area contributed by atoms with Crippen molar-refractivity contribution in [1.29, 1.82) is 0 Å². The maximum absolute atomic E-state index is 5.99.